The highest BCUT2D eigenvalue weighted by Gasteiger charge is 2.22. The fraction of sp³-hybridized carbons (Fsp3) is 0.200. The molecule has 2 aromatic carbocycles. The van der Waals surface area contributed by atoms with E-state index in [0.29, 0.717) is 35.3 Å². The van der Waals surface area contributed by atoms with E-state index in [0.717, 1.165) is 11.1 Å². The Morgan fingerprint density at radius 2 is 1.81 bits per heavy atom. The van der Waals surface area contributed by atoms with E-state index in [-0.39, 0.29) is 5.70 Å². The highest BCUT2D eigenvalue weighted by Crippen LogP contribution is 2.26. The van der Waals surface area contributed by atoms with Crippen LogP contribution in [0.1, 0.15) is 17.5 Å². The predicted octanol–water partition coefficient (Wildman–Crippen LogP) is 4.29. The van der Waals surface area contributed by atoms with Gasteiger partial charge in [0.25, 0.3) is 0 Å². The van der Waals surface area contributed by atoms with Crippen molar-refractivity contribution in [1.82, 2.24) is 0 Å². The van der Waals surface area contributed by atoms with E-state index in [1.165, 1.54) is 0 Å². The van der Waals surface area contributed by atoms with Gasteiger partial charge in [-0.3, -0.25) is 0 Å². The van der Waals surface area contributed by atoms with E-state index in [1.54, 1.807) is 38.5 Å². The molecule has 0 N–H and O–H groups in total. The number of carbonyl (C=O) groups excluding carboxylic acids is 1. The number of aliphatic imine (C=N–C) groups is 1. The highest BCUT2D eigenvalue weighted by atomic mass is 35.5. The number of esters is 1. The van der Waals surface area contributed by atoms with E-state index in [1.807, 2.05) is 24.3 Å². The molecule has 26 heavy (non-hydrogen) atoms. The molecule has 0 saturated carbocycles. The number of hydrogen-bond donors (Lipinski definition) is 0. The van der Waals surface area contributed by atoms with E-state index < -0.39 is 5.97 Å². The van der Waals surface area contributed by atoms with E-state index in [2.05, 4.69) is 4.99 Å². The second kappa shape index (κ2) is 8.06. The van der Waals surface area contributed by atoms with Crippen LogP contribution in [0, 0.1) is 0 Å². The summed E-state index contributed by atoms with van der Waals surface area (Å²) in [6.45, 7) is 0. The SMILES string of the molecule is COc1cc(/C=C2/N=C(CCc3cccc(Cl)c3)OC2=O)cc(OC)c1. The monoisotopic (exact) mass is 371 g/mol. The van der Waals surface area contributed by atoms with Crippen LogP contribution in [0.2, 0.25) is 5.02 Å². The van der Waals surface area contributed by atoms with Crippen molar-refractivity contribution >= 4 is 29.5 Å². The number of halogens is 1. The summed E-state index contributed by atoms with van der Waals surface area (Å²) in [6, 6.07) is 12.9. The highest BCUT2D eigenvalue weighted by molar-refractivity contribution is 6.30. The van der Waals surface area contributed by atoms with Gasteiger partial charge in [-0.25, -0.2) is 9.79 Å². The molecule has 0 atom stereocenters. The van der Waals surface area contributed by atoms with Crippen LogP contribution < -0.4 is 9.47 Å². The third-order valence-corrected chi connectivity index (χ3v) is 4.09. The summed E-state index contributed by atoms with van der Waals surface area (Å²) in [5.41, 5.74) is 2.06. The fourth-order valence-corrected chi connectivity index (χ4v) is 2.79. The molecule has 3 rings (SSSR count). The number of ether oxygens (including phenoxy) is 3. The van der Waals surface area contributed by atoms with Crippen molar-refractivity contribution in [1.29, 1.82) is 0 Å². The first kappa shape index (κ1) is 18.0. The molecule has 0 unspecified atom stereocenters. The number of hydrogen-bond acceptors (Lipinski definition) is 5. The first-order valence-electron chi connectivity index (χ1n) is 8.06. The van der Waals surface area contributed by atoms with E-state index in [9.17, 15) is 4.79 Å². The molecule has 0 radical (unpaired) electrons. The van der Waals surface area contributed by atoms with Gasteiger partial charge in [0.2, 0.25) is 0 Å². The summed E-state index contributed by atoms with van der Waals surface area (Å²) in [4.78, 5) is 16.4. The Kier molecular flexibility index (Phi) is 5.58. The molecule has 5 nitrogen and oxygen atoms in total. The molecule has 2 aromatic rings. The number of nitrogens with zero attached hydrogens (tertiary/aromatic N) is 1. The molecule has 134 valence electrons. The molecular weight excluding hydrogens is 354 g/mol. The lowest BCUT2D eigenvalue weighted by Crippen LogP contribution is -2.05. The molecule has 0 saturated heterocycles. The maximum absolute atomic E-state index is 12.1. The van der Waals surface area contributed by atoms with Gasteiger partial charge in [0.1, 0.15) is 11.5 Å². The van der Waals surface area contributed by atoms with Crippen LogP contribution in [0.15, 0.2) is 53.2 Å². The number of carbonyl (C=O) groups is 1. The number of methoxy groups -OCH3 is 2. The molecule has 6 heteroatoms. The number of cyclic esters (lactones) is 1. The lowest BCUT2D eigenvalue weighted by atomic mass is 10.1. The summed E-state index contributed by atoms with van der Waals surface area (Å²) in [5.74, 6) is 1.20. The molecule has 1 aliphatic rings. The molecule has 0 amide bonds. The molecule has 0 aliphatic carbocycles. The first-order valence-corrected chi connectivity index (χ1v) is 8.44. The topological polar surface area (TPSA) is 57.1 Å². The Hall–Kier alpha value is -2.79. The molecule has 0 fully saturated rings. The van der Waals surface area contributed by atoms with Crippen LogP contribution in [0.25, 0.3) is 6.08 Å². The zero-order chi connectivity index (χ0) is 18.5. The summed E-state index contributed by atoms with van der Waals surface area (Å²) in [7, 11) is 3.14. The van der Waals surface area contributed by atoms with Gasteiger partial charge in [-0.2, -0.15) is 0 Å². The molecule has 0 bridgehead atoms. The molecular formula is C20H18ClNO4. The van der Waals surface area contributed by atoms with Gasteiger partial charge >= 0.3 is 5.97 Å². The van der Waals surface area contributed by atoms with Gasteiger partial charge in [0, 0.05) is 17.5 Å². The third-order valence-electron chi connectivity index (χ3n) is 3.86. The normalized spacial score (nSPS) is 15.0. The van der Waals surface area contributed by atoms with Gasteiger partial charge in [0.05, 0.1) is 14.2 Å². The Morgan fingerprint density at radius 1 is 1.08 bits per heavy atom. The summed E-state index contributed by atoms with van der Waals surface area (Å²) < 4.78 is 15.7. The number of benzene rings is 2. The van der Waals surface area contributed by atoms with Crippen LogP contribution in [-0.4, -0.2) is 26.1 Å². The van der Waals surface area contributed by atoms with E-state index >= 15 is 0 Å². The maximum atomic E-state index is 12.1. The Morgan fingerprint density at radius 3 is 2.46 bits per heavy atom. The second-order valence-corrected chi connectivity index (χ2v) is 6.14. The number of aryl methyl sites for hydroxylation is 1. The average Bonchev–Trinajstić information content (AvgIpc) is 2.99. The third kappa shape index (κ3) is 4.43. The van der Waals surface area contributed by atoms with Crippen molar-refractivity contribution in [3.63, 3.8) is 0 Å². The van der Waals surface area contributed by atoms with Crippen molar-refractivity contribution in [2.75, 3.05) is 14.2 Å². The van der Waals surface area contributed by atoms with Gasteiger partial charge in [-0.15, -0.1) is 0 Å². The summed E-state index contributed by atoms with van der Waals surface area (Å²) >= 11 is 5.98. The number of rotatable bonds is 6. The molecule has 1 heterocycles. The van der Waals surface area contributed by atoms with E-state index in [4.69, 9.17) is 25.8 Å². The quantitative estimate of drug-likeness (QED) is 0.561. The molecule has 0 aromatic heterocycles. The Labute approximate surface area is 156 Å². The molecule has 0 spiro atoms. The minimum Gasteiger partial charge on any atom is -0.497 e. The maximum Gasteiger partial charge on any atom is 0.363 e. The zero-order valence-corrected chi connectivity index (χ0v) is 15.2. The second-order valence-electron chi connectivity index (χ2n) is 5.70. The lowest BCUT2D eigenvalue weighted by Gasteiger charge is -2.05. The van der Waals surface area contributed by atoms with Crippen LogP contribution in [0.3, 0.4) is 0 Å². The summed E-state index contributed by atoms with van der Waals surface area (Å²) in [6.07, 6.45) is 2.86. The first-order chi connectivity index (χ1) is 12.6. The minimum atomic E-state index is -0.465. The van der Waals surface area contributed by atoms with Crippen LogP contribution in [-0.2, 0) is 16.0 Å². The minimum absolute atomic E-state index is 0.251. The fourth-order valence-electron chi connectivity index (χ4n) is 2.57. The largest absolute Gasteiger partial charge is 0.497 e. The Balaban J connectivity index is 1.76. The van der Waals surface area contributed by atoms with Crippen molar-refractivity contribution in [3.05, 3.63) is 64.3 Å². The van der Waals surface area contributed by atoms with Crippen molar-refractivity contribution < 1.29 is 19.0 Å². The average molecular weight is 372 g/mol. The van der Waals surface area contributed by atoms with Gasteiger partial charge in [-0.05, 0) is 47.9 Å². The smallest absolute Gasteiger partial charge is 0.363 e. The van der Waals surface area contributed by atoms with Gasteiger partial charge in [-0.1, -0.05) is 23.7 Å². The van der Waals surface area contributed by atoms with Gasteiger partial charge < -0.3 is 14.2 Å². The van der Waals surface area contributed by atoms with Crippen LogP contribution in [0.4, 0.5) is 0 Å². The van der Waals surface area contributed by atoms with Crippen molar-refractivity contribution in [2.24, 2.45) is 4.99 Å². The Bertz CT molecular complexity index is 867. The standard InChI is InChI=1S/C20H18ClNO4/c1-24-16-9-14(10-17(12-16)25-2)11-18-20(23)26-19(22-18)7-6-13-4-3-5-15(21)8-13/h3-5,8-12H,6-7H2,1-2H3/b18-11+. The van der Waals surface area contributed by atoms with Gasteiger partial charge in [0.15, 0.2) is 11.6 Å². The zero-order valence-electron chi connectivity index (χ0n) is 14.5. The van der Waals surface area contributed by atoms with Crippen LogP contribution >= 0.6 is 11.6 Å². The van der Waals surface area contributed by atoms with Crippen LogP contribution in [0.5, 0.6) is 11.5 Å². The lowest BCUT2D eigenvalue weighted by molar-refractivity contribution is -0.130. The summed E-state index contributed by atoms with van der Waals surface area (Å²) in [5, 5.41) is 0.681. The van der Waals surface area contributed by atoms with Crippen molar-refractivity contribution in [2.45, 2.75) is 12.8 Å². The van der Waals surface area contributed by atoms with Crippen molar-refractivity contribution in [3.8, 4) is 11.5 Å². The molecule has 1 aliphatic heterocycles. The predicted molar refractivity (Wildman–Crippen MR) is 101 cm³/mol.